The molecule has 0 aliphatic rings. The van der Waals surface area contributed by atoms with Crippen LogP contribution in [0.25, 0.3) is 0 Å². The van der Waals surface area contributed by atoms with Crippen LogP contribution in [0.4, 0.5) is 0 Å². The summed E-state index contributed by atoms with van der Waals surface area (Å²) in [5.41, 5.74) is 5.02. The van der Waals surface area contributed by atoms with Crippen LogP contribution in [-0.2, 0) is 14.4 Å². The van der Waals surface area contributed by atoms with Gasteiger partial charge in [0.2, 0.25) is 11.8 Å². The Labute approximate surface area is 206 Å². The van der Waals surface area contributed by atoms with Gasteiger partial charge in [0, 0.05) is 12.8 Å². The predicted octanol–water partition coefficient (Wildman–Crippen LogP) is 1.98. The van der Waals surface area contributed by atoms with Crippen LogP contribution in [-0.4, -0.2) is 28.9 Å². The van der Waals surface area contributed by atoms with Crippen molar-refractivity contribution < 1.29 is 50.5 Å². The second-order valence-corrected chi connectivity index (χ2v) is 7.80. The minimum atomic E-state index is -1.14. The number of rotatable bonds is 20. The van der Waals surface area contributed by atoms with Crippen molar-refractivity contribution in [1.29, 1.82) is 0 Å². The van der Waals surface area contributed by atoms with E-state index < -0.39 is 17.9 Å². The van der Waals surface area contributed by atoms with Gasteiger partial charge in [0.05, 0.1) is 0 Å². The third-order valence-electron chi connectivity index (χ3n) is 4.98. The third-order valence-corrected chi connectivity index (χ3v) is 4.98. The Morgan fingerprint density at radius 3 is 1.87 bits per heavy atom. The standard InChI is InChI=1S/C23H42N2O4.Na.H/c1-2-3-4-5-6-7-8-9-10-11-12-13-14-15-16-17-22(27)25-20(23(28)29)18-19-21(24)26;;/h9-10,20H,2-8,11-19H2,1H3,(H2,24,26)(H,25,27)(H,28,29);;/q;+1;-1/b10-9-;;/t20-;;/m0../s1. The summed E-state index contributed by atoms with van der Waals surface area (Å²) < 4.78 is 0. The molecule has 0 unspecified atom stereocenters. The quantitative estimate of drug-likeness (QED) is 0.155. The monoisotopic (exact) mass is 434 g/mol. The molecule has 0 aromatic heterocycles. The first-order valence-corrected chi connectivity index (χ1v) is 11.4. The number of primary amides is 1. The Morgan fingerprint density at radius 1 is 0.867 bits per heavy atom. The van der Waals surface area contributed by atoms with E-state index in [1.54, 1.807) is 0 Å². The average Bonchev–Trinajstić information content (AvgIpc) is 2.67. The van der Waals surface area contributed by atoms with Gasteiger partial charge in [0.1, 0.15) is 6.04 Å². The van der Waals surface area contributed by atoms with Crippen LogP contribution in [0.15, 0.2) is 12.2 Å². The Kier molecular flexibility index (Phi) is 23.8. The molecule has 0 saturated carbocycles. The summed E-state index contributed by atoms with van der Waals surface area (Å²) >= 11 is 0. The number of carbonyl (C=O) groups is 3. The summed E-state index contributed by atoms with van der Waals surface area (Å²) in [5, 5.41) is 11.5. The molecule has 0 fully saturated rings. The third kappa shape index (κ3) is 21.8. The van der Waals surface area contributed by atoms with Crippen LogP contribution in [0.5, 0.6) is 0 Å². The van der Waals surface area contributed by atoms with Crippen molar-refractivity contribution in [2.45, 2.75) is 116 Å². The molecule has 0 aliphatic heterocycles. The molecule has 0 aromatic carbocycles. The first-order chi connectivity index (χ1) is 14.0. The average molecular weight is 435 g/mol. The molecule has 0 bridgehead atoms. The van der Waals surface area contributed by atoms with Gasteiger partial charge in [-0.05, 0) is 38.5 Å². The van der Waals surface area contributed by atoms with Crippen molar-refractivity contribution in [2.24, 2.45) is 5.73 Å². The minimum Gasteiger partial charge on any atom is -1.00 e. The number of carboxylic acid groups (broad SMARTS) is 1. The molecule has 0 saturated heterocycles. The molecule has 0 aliphatic carbocycles. The Hall–Kier alpha value is -0.850. The Morgan fingerprint density at radius 2 is 1.37 bits per heavy atom. The van der Waals surface area contributed by atoms with Crippen molar-refractivity contribution in [3.63, 3.8) is 0 Å². The maximum atomic E-state index is 11.8. The SMILES string of the molecule is CCCCCCCC/C=C\CCCCCCCC(=O)N[C@@H](CCC(N)=O)C(=O)O.[H-].[Na+]. The fraction of sp³-hybridized carbons (Fsp3) is 0.783. The molecular weight excluding hydrogens is 391 g/mol. The van der Waals surface area contributed by atoms with E-state index in [0.29, 0.717) is 6.42 Å². The number of hydrogen-bond acceptors (Lipinski definition) is 3. The summed E-state index contributed by atoms with van der Waals surface area (Å²) in [6, 6.07) is -1.04. The van der Waals surface area contributed by atoms with Gasteiger partial charge in [-0.3, -0.25) is 9.59 Å². The van der Waals surface area contributed by atoms with Gasteiger partial charge in [0.25, 0.3) is 0 Å². The molecular formula is C23H43N2NaO4. The van der Waals surface area contributed by atoms with E-state index in [1.807, 2.05) is 0 Å². The maximum Gasteiger partial charge on any atom is 1.00 e. The number of nitrogens with one attached hydrogen (secondary N) is 1. The summed E-state index contributed by atoms with van der Waals surface area (Å²) in [6.07, 6.45) is 20.4. The smallest absolute Gasteiger partial charge is 1.00 e. The largest absolute Gasteiger partial charge is 1.00 e. The summed E-state index contributed by atoms with van der Waals surface area (Å²) in [7, 11) is 0. The van der Waals surface area contributed by atoms with Gasteiger partial charge < -0.3 is 17.6 Å². The number of carboxylic acids is 1. The molecule has 1 atom stereocenters. The molecule has 0 rings (SSSR count). The molecule has 0 radical (unpaired) electrons. The first-order valence-electron chi connectivity index (χ1n) is 11.4. The summed E-state index contributed by atoms with van der Waals surface area (Å²) in [5.74, 6) is -1.98. The number of carbonyl (C=O) groups excluding carboxylic acids is 2. The zero-order valence-electron chi connectivity index (χ0n) is 20.3. The van der Waals surface area contributed by atoms with Crippen LogP contribution in [0, 0.1) is 0 Å². The van der Waals surface area contributed by atoms with Crippen molar-refractivity contribution in [3.8, 4) is 0 Å². The van der Waals surface area contributed by atoms with E-state index in [1.165, 1.54) is 51.4 Å². The zero-order chi connectivity index (χ0) is 21.7. The molecule has 7 heteroatoms. The summed E-state index contributed by atoms with van der Waals surface area (Å²) in [6.45, 7) is 2.24. The van der Waals surface area contributed by atoms with E-state index >= 15 is 0 Å². The zero-order valence-corrected chi connectivity index (χ0v) is 21.3. The van der Waals surface area contributed by atoms with Crippen LogP contribution < -0.4 is 40.6 Å². The number of hydrogen-bond donors (Lipinski definition) is 3. The van der Waals surface area contributed by atoms with Crippen LogP contribution >= 0.6 is 0 Å². The fourth-order valence-electron chi connectivity index (χ4n) is 3.17. The van der Waals surface area contributed by atoms with E-state index in [2.05, 4.69) is 24.4 Å². The molecule has 0 spiro atoms. The number of amides is 2. The molecule has 4 N–H and O–H groups in total. The second-order valence-electron chi connectivity index (χ2n) is 7.80. The minimum absolute atomic E-state index is 0. The Balaban J connectivity index is -0.00000392. The van der Waals surface area contributed by atoms with Gasteiger partial charge in [-0.15, -0.1) is 0 Å². The number of allylic oxidation sites excluding steroid dienone is 2. The van der Waals surface area contributed by atoms with Gasteiger partial charge in [-0.25, -0.2) is 4.79 Å². The van der Waals surface area contributed by atoms with Crippen LogP contribution in [0.1, 0.15) is 111 Å². The molecule has 0 heterocycles. The molecule has 30 heavy (non-hydrogen) atoms. The van der Waals surface area contributed by atoms with Crippen molar-refractivity contribution in [1.82, 2.24) is 5.32 Å². The van der Waals surface area contributed by atoms with E-state index in [-0.39, 0.29) is 49.7 Å². The summed E-state index contributed by atoms with van der Waals surface area (Å²) in [4.78, 5) is 33.7. The van der Waals surface area contributed by atoms with E-state index in [0.717, 1.165) is 32.1 Å². The fourth-order valence-corrected chi connectivity index (χ4v) is 3.17. The van der Waals surface area contributed by atoms with Crippen molar-refractivity contribution in [2.75, 3.05) is 0 Å². The number of aliphatic carboxylic acids is 1. The second kappa shape index (κ2) is 22.8. The topological polar surface area (TPSA) is 109 Å². The van der Waals surface area contributed by atoms with E-state index in [4.69, 9.17) is 10.8 Å². The van der Waals surface area contributed by atoms with Crippen LogP contribution in [0.2, 0.25) is 0 Å². The van der Waals surface area contributed by atoms with Gasteiger partial charge in [-0.1, -0.05) is 70.4 Å². The molecule has 2 amide bonds. The number of unbranched alkanes of at least 4 members (excludes halogenated alkanes) is 11. The normalized spacial score (nSPS) is 11.8. The predicted molar refractivity (Wildman–Crippen MR) is 119 cm³/mol. The van der Waals surface area contributed by atoms with E-state index in [9.17, 15) is 14.4 Å². The van der Waals surface area contributed by atoms with Gasteiger partial charge in [0.15, 0.2) is 0 Å². The van der Waals surface area contributed by atoms with Crippen molar-refractivity contribution in [3.05, 3.63) is 12.2 Å². The molecule has 6 nitrogen and oxygen atoms in total. The Bertz CT molecular complexity index is 490. The van der Waals surface area contributed by atoms with Crippen molar-refractivity contribution >= 4 is 17.8 Å². The van der Waals surface area contributed by atoms with Gasteiger partial charge in [-0.2, -0.15) is 0 Å². The first kappa shape index (κ1) is 31.3. The number of nitrogens with two attached hydrogens (primary N) is 1. The van der Waals surface area contributed by atoms with Crippen LogP contribution in [0.3, 0.4) is 0 Å². The van der Waals surface area contributed by atoms with Gasteiger partial charge >= 0.3 is 35.5 Å². The maximum absolute atomic E-state index is 11.8. The molecule has 170 valence electrons. The molecule has 0 aromatic rings.